The minimum atomic E-state index is 0.132. The Hall–Kier alpha value is -0.573. The van der Waals surface area contributed by atoms with Crippen LogP contribution < -0.4 is 0 Å². The van der Waals surface area contributed by atoms with Gasteiger partial charge in [0.2, 0.25) is 0 Å². The van der Waals surface area contributed by atoms with Crippen molar-refractivity contribution in [3.8, 4) is 0 Å². The van der Waals surface area contributed by atoms with E-state index in [4.69, 9.17) is 4.74 Å². The summed E-state index contributed by atoms with van der Waals surface area (Å²) in [7, 11) is 1.01. The molecule has 0 amide bonds. The number of hydrogen-bond acceptors (Lipinski definition) is 2. The van der Waals surface area contributed by atoms with Gasteiger partial charge in [-0.3, -0.25) is 4.79 Å². The summed E-state index contributed by atoms with van der Waals surface area (Å²) in [4.78, 5) is 10.8. The summed E-state index contributed by atoms with van der Waals surface area (Å²) in [6.45, 7) is 3.65. The molecule has 0 spiro atoms. The minimum Gasteiger partial charge on any atom is -0.503 e. The predicted octanol–water partition coefficient (Wildman–Crippen LogP) is 0.209. The molecule has 0 fully saturated rings. The lowest BCUT2D eigenvalue weighted by molar-refractivity contribution is -0.114. The van der Waals surface area contributed by atoms with Crippen LogP contribution in [0.1, 0.15) is 20.3 Å². The van der Waals surface area contributed by atoms with Gasteiger partial charge in [-0.2, -0.15) is 0 Å². The lowest BCUT2D eigenvalue weighted by Gasteiger charge is -2.00. The van der Waals surface area contributed by atoms with Crippen molar-refractivity contribution in [2.75, 3.05) is 6.23 Å². The zero-order chi connectivity index (χ0) is 7.98. The Morgan fingerprint density at radius 2 is 2.30 bits per heavy atom. The molecule has 0 saturated carbocycles. The van der Waals surface area contributed by atoms with Crippen LogP contribution in [0.25, 0.3) is 0 Å². The molecule has 0 aromatic heterocycles. The first-order valence-electron chi connectivity index (χ1n) is 3.54. The van der Waals surface area contributed by atoms with Crippen LogP contribution in [0.3, 0.4) is 0 Å². The molecular formula is C7H14O2Si. The van der Waals surface area contributed by atoms with Crippen molar-refractivity contribution in [2.45, 2.75) is 20.3 Å². The molecule has 0 bridgehead atoms. The highest BCUT2D eigenvalue weighted by atomic mass is 28.1. The SMILES string of the molecule is CCC(=O)/C=C(/C)OC[SiH3]. The van der Waals surface area contributed by atoms with Gasteiger partial charge in [0.15, 0.2) is 5.78 Å². The van der Waals surface area contributed by atoms with Crippen molar-refractivity contribution in [3.63, 3.8) is 0 Å². The van der Waals surface area contributed by atoms with Crippen LogP contribution in [0, 0.1) is 0 Å². The normalized spacial score (nSPS) is 11.6. The predicted molar refractivity (Wildman–Crippen MR) is 44.9 cm³/mol. The number of hydrogen-bond donors (Lipinski definition) is 0. The highest BCUT2D eigenvalue weighted by Gasteiger charge is 1.93. The Kier molecular flexibility index (Phi) is 4.93. The van der Waals surface area contributed by atoms with Gasteiger partial charge in [0.05, 0.1) is 22.2 Å². The number of ether oxygens (including phenoxy) is 1. The maximum atomic E-state index is 10.8. The van der Waals surface area contributed by atoms with E-state index in [1.807, 2.05) is 13.8 Å². The maximum absolute atomic E-state index is 10.8. The first kappa shape index (κ1) is 9.43. The summed E-state index contributed by atoms with van der Waals surface area (Å²) in [5, 5.41) is 0. The molecule has 0 saturated heterocycles. The molecule has 10 heavy (non-hydrogen) atoms. The van der Waals surface area contributed by atoms with Crippen molar-refractivity contribution >= 4 is 16.0 Å². The van der Waals surface area contributed by atoms with Gasteiger partial charge < -0.3 is 4.74 Å². The van der Waals surface area contributed by atoms with Crippen molar-refractivity contribution in [2.24, 2.45) is 0 Å². The van der Waals surface area contributed by atoms with Crippen molar-refractivity contribution in [1.82, 2.24) is 0 Å². The van der Waals surface area contributed by atoms with Crippen LogP contribution in [0.15, 0.2) is 11.8 Å². The van der Waals surface area contributed by atoms with Gasteiger partial charge in [-0.15, -0.1) is 0 Å². The van der Waals surface area contributed by atoms with E-state index in [0.717, 1.165) is 22.2 Å². The molecular weight excluding hydrogens is 144 g/mol. The molecule has 0 radical (unpaired) electrons. The van der Waals surface area contributed by atoms with Crippen molar-refractivity contribution in [1.29, 1.82) is 0 Å². The summed E-state index contributed by atoms with van der Waals surface area (Å²) in [6, 6.07) is 0. The molecule has 0 aromatic carbocycles. The second kappa shape index (κ2) is 5.23. The van der Waals surface area contributed by atoms with Crippen LogP contribution in [0.2, 0.25) is 0 Å². The van der Waals surface area contributed by atoms with E-state index in [2.05, 4.69) is 0 Å². The Morgan fingerprint density at radius 1 is 1.70 bits per heavy atom. The minimum absolute atomic E-state index is 0.132. The molecule has 2 nitrogen and oxygen atoms in total. The van der Waals surface area contributed by atoms with Crippen LogP contribution in [0.5, 0.6) is 0 Å². The van der Waals surface area contributed by atoms with Crippen LogP contribution in [-0.2, 0) is 9.53 Å². The molecule has 0 heterocycles. The average molecular weight is 158 g/mol. The lowest BCUT2D eigenvalue weighted by Crippen LogP contribution is -1.95. The first-order chi connectivity index (χ1) is 4.70. The monoisotopic (exact) mass is 158 g/mol. The standard InChI is InChI=1S/C7H14O2Si/c1-3-7(8)4-6(2)9-5-10/h4H,3,5H2,1-2,10H3/b6-4-. The summed E-state index contributed by atoms with van der Waals surface area (Å²) >= 11 is 0. The zero-order valence-corrected chi connectivity index (χ0v) is 8.81. The molecule has 0 aliphatic carbocycles. The smallest absolute Gasteiger partial charge is 0.158 e. The van der Waals surface area contributed by atoms with Crippen molar-refractivity contribution in [3.05, 3.63) is 11.8 Å². The molecule has 0 atom stereocenters. The van der Waals surface area contributed by atoms with Gasteiger partial charge in [-0.25, -0.2) is 0 Å². The molecule has 0 aliphatic rings. The topological polar surface area (TPSA) is 26.3 Å². The second-order valence-electron chi connectivity index (χ2n) is 2.01. The van der Waals surface area contributed by atoms with Gasteiger partial charge in [0, 0.05) is 12.5 Å². The first-order valence-corrected chi connectivity index (χ1v) is 4.96. The van der Waals surface area contributed by atoms with E-state index < -0.39 is 0 Å². The number of allylic oxidation sites excluding steroid dienone is 2. The largest absolute Gasteiger partial charge is 0.503 e. The van der Waals surface area contributed by atoms with Gasteiger partial charge in [-0.05, 0) is 6.92 Å². The molecule has 0 unspecified atom stereocenters. The van der Waals surface area contributed by atoms with Gasteiger partial charge in [-0.1, -0.05) is 6.92 Å². The average Bonchev–Trinajstić information content (AvgIpc) is 1.88. The van der Waals surface area contributed by atoms with Gasteiger partial charge in [0.25, 0.3) is 0 Å². The summed E-state index contributed by atoms with van der Waals surface area (Å²) in [5.74, 6) is 0.870. The van der Waals surface area contributed by atoms with Crippen LogP contribution >= 0.6 is 0 Å². The molecule has 3 heteroatoms. The van der Waals surface area contributed by atoms with E-state index in [9.17, 15) is 4.79 Å². The molecule has 0 N–H and O–H groups in total. The third-order valence-electron chi connectivity index (χ3n) is 1.08. The number of carbonyl (C=O) groups is 1. The molecule has 0 rings (SSSR count). The third-order valence-corrected chi connectivity index (χ3v) is 1.37. The zero-order valence-electron chi connectivity index (χ0n) is 6.81. The fourth-order valence-electron chi connectivity index (χ4n) is 0.598. The van der Waals surface area contributed by atoms with E-state index in [-0.39, 0.29) is 5.78 Å². The van der Waals surface area contributed by atoms with Crippen LogP contribution in [0.4, 0.5) is 0 Å². The third kappa shape index (κ3) is 4.32. The fourth-order valence-corrected chi connectivity index (χ4v) is 1.05. The fraction of sp³-hybridized carbons (Fsp3) is 0.571. The van der Waals surface area contributed by atoms with Gasteiger partial charge >= 0.3 is 0 Å². The number of carbonyl (C=O) groups excluding carboxylic acids is 1. The van der Waals surface area contributed by atoms with E-state index >= 15 is 0 Å². The lowest BCUT2D eigenvalue weighted by atomic mass is 10.3. The quantitative estimate of drug-likeness (QED) is 0.332. The molecule has 58 valence electrons. The number of rotatable bonds is 4. The summed E-state index contributed by atoms with van der Waals surface area (Å²) in [5.41, 5.74) is 0. The summed E-state index contributed by atoms with van der Waals surface area (Å²) < 4.78 is 5.12. The van der Waals surface area contributed by atoms with E-state index in [1.165, 1.54) is 0 Å². The second-order valence-corrected chi connectivity index (χ2v) is 2.59. The Bertz CT molecular complexity index is 141. The maximum Gasteiger partial charge on any atom is 0.158 e. The highest BCUT2D eigenvalue weighted by Crippen LogP contribution is 1.95. The molecule has 0 aromatic rings. The van der Waals surface area contributed by atoms with Gasteiger partial charge in [0.1, 0.15) is 0 Å². The van der Waals surface area contributed by atoms with E-state index in [0.29, 0.717) is 6.42 Å². The van der Waals surface area contributed by atoms with Crippen molar-refractivity contribution < 1.29 is 9.53 Å². The Morgan fingerprint density at radius 3 is 2.70 bits per heavy atom. The highest BCUT2D eigenvalue weighted by molar-refractivity contribution is 6.08. The number of ketones is 1. The summed E-state index contributed by atoms with van der Waals surface area (Å²) in [6.07, 6.45) is 2.87. The Balaban J connectivity index is 3.77. The molecule has 0 aliphatic heterocycles. The van der Waals surface area contributed by atoms with E-state index in [1.54, 1.807) is 6.08 Å². The van der Waals surface area contributed by atoms with Crippen LogP contribution in [-0.4, -0.2) is 22.3 Å². The Labute approximate surface area is 64.7 Å².